The molecule has 8 heteroatoms. The maximum Gasteiger partial charge on any atom is 0.225 e. The molecule has 1 unspecified atom stereocenters. The number of thiophene rings is 1. The van der Waals surface area contributed by atoms with Gasteiger partial charge in [0.15, 0.2) is 0 Å². The van der Waals surface area contributed by atoms with Crippen LogP contribution in [0.15, 0.2) is 65.8 Å². The lowest BCUT2D eigenvalue weighted by Crippen LogP contribution is -2.12. The van der Waals surface area contributed by atoms with Gasteiger partial charge in [0.05, 0.1) is 5.56 Å². The molecular weight excluding hydrogens is 486 g/mol. The van der Waals surface area contributed by atoms with Crippen molar-refractivity contribution in [2.24, 2.45) is 5.92 Å². The van der Waals surface area contributed by atoms with Crippen LogP contribution in [0.25, 0.3) is 22.5 Å². The van der Waals surface area contributed by atoms with Crippen LogP contribution in [-0.4, -0.2) is 26.8 Å². The molecule has 1 atom stereocenters. The Kier molecular flexibility index (Phi) is 7.40. The molecule has 0 saturated heterocycles. The highest BCUT2D eigenvalue weighted by atomic mass is 32.2. The van der Waals surface area contributed by atoms with E-state index in [1.54, 1.807) is 11.3 Å². The van der Waals surface area contributed by atoms with E-state index in [1.165, 1.54) is 16.6 Å². The number of carbonyl (C=O) groups excluding carboxylic acids is 1. The molecule has 0 aliphatic heterocycles. The first-order valence-corrected chi connectivity index (χ1v) is 13.8. The van der Waals surface area contributed by atoms with E-state index in [2.05, 4.69) is 28.5 Å². The monoisotopic (exact) mass is 511 g/mol. The Balaban J connectivity index is 1.27. The van der Waals surface area contributed by atoms with E-state index < -0.39 is 0 Å². The SMILES string of the molecule is CC1CCc2c(sc(NC(=O)CCSc3nnc(-c4ccccc4)c(-c4ccccc4)n3)c2C#N)C1. The van der Waals surface area contributed by atoms with E-state index >= 15 is 0 Å². The van der Waals surface area contributed by atoms with Gasteiger partial charge in [-0.05, 0) is 30.7 Å². The number of hydrogen-bond donors (Lipinski definition) is 1. The van der Waals surface area contributed by atoms with Gasteiger partial charge in [-0.1, -0.05) is 79.3 Å². The Bertz CT molecular complexity index is 1410. The predicted octanol–water partition coefficient (Wildman–Crippen LogP) is 6.38. The molecule has 1 aliphatic carbocycles. The molecule has 0 radical (unpaired) electrons. The van der Waals surface area contributed by atoms with Gasteiger partial charge in [0.2, 0.25) is 11.1 Å². The molecule has 0 spiro atoms. The van der Waals surface area contributed by atoms with Crippen molar-refractivity contribution in [3.63, 3.8) is 0 Å². The maximum absolute atomic E-state index is 12.7. The zero-order valence-corrected chi connectivity index (χ0v) is 21.5. The van der Waals surface area contributed by atoms with Crippen LogP contribution >= 0.6 is 23.1 Å². The van der Waals surface area contributed by atoms with Gasteiger partial charge in [0, 0.05) is 28.2 Å². The molecule has 5 rings (SSSR count). The van der Waals surface area contributed by atoms with Gasteiger partial charge < -0.3 is 5.32 Å². The number of nitriles is 1. The Morgan fingerprint density at radius 2 is 1.78 bits per heavy atom. The zero-order valence-electron chi connectivity index (χ0n) is 19.9. The fourth-order valence-corrected chi connectivity index (χ4v) is 6.44. The van der Waals surface area contributed by atoms with Gasteiger partial charge in [0.25, 0.3) is 0 Å². The number of aromatic nitrogens is 3. The van der Waals surface area contributed by atoms with Gasteiger partial charge in [-0.3, -0.25) is 4.79 Å². The van der Waals surface area contributed by atoms with Crippen molar-refractivity contribution < 1.29 is 4.79 Å². The van der Waals surface area contributed by atoms with Gasteiger partial charge in [-0.2, -0.15) is 5.26 Å². The van der Waals surface area contributed by atoms with Crippen LogP contribution in [-0.2, 0) is 17.6 Å². The Morgan fingerprint density at radius 1 is 1.08 bits per heavy atom. The average molecular weight is 512 g/mol. The first kappa shape index (κ1) is 24.2. The summed E-state index contributed by atoms with van der Waals surface area (Å²) in [6.07, 6.45) is 3.27. The van der Waals surface area contributed by atoms with E-state index in [0.29, 0.717) is 33.8 Å². The topological polar surface area (TPSA) is 91.6 Å². The van der Waals surface area contributed by atoms with E-state index in [1.807, 2.05) is 60.7 Å². The molecule has 1 aliphatic rings. The molecule has 2 heterocycles. The van der Waals surface area contributed by atoms with Crippen molar-refractivity contribution in [2.75, 3.05) is 11.1 Å². The number of rotatable bonds is 7. The molecule has 1 N–H and O–H groups in total. The number of fused-ring (bicyclic) bond motifs is 1. The second-order valence-corrected chi connectivity index (χ2v) is 11.0. The van der Waals surface area contributed by atoms with Crippen LogP contribution in [0.5, 0.6) is 0 Å². The summed E-state index contributed by atoms with van der Waals surface area (Å²) >= 11 is 2.95. The van der Waals surface area contributed by atoms with Crippen LogP contribution in [0, 0.1) is 17.2 Å². The summed E-state index contributed by atoms with van der Waals surface area (Å²) in [5.74, 6) is 1.02. The maximum atomic E-state index is 12.7. The molecule has 1 amide bonds. The fourth-order valence-electron chi connectivity index (χ4n) is 4.34. The lowest BCUT2D eigenvalue weighted by atomic mass is 9.89. The molecule has 6 nitrogen and oxygen atoms in total. The summed E-state index contributed by atoms with van der Waals surface area (Å²) < 4.78 is 0. The van der Waals surface area contributed by atoms with Gasteiger partial charge in [-0.25, -0.2) is 4.98 Å². The van der Waals surface area contributed by atoms with Crippen molar-refractivity contribution >= 4 is 34.0 Å². The summed E-state index contributed by atoms with van der Waals surface area (Å²) in [5, 5.41) is 22.7. The molecular formula is C28H25N5OS2. The molecule has 0 bridgehead atoms. The van der Waals surface area contributed by atoms with Gasteiger partial charge in [-0.15, -0.1) is 21.5 Å². The third kappa shape index (κ3) is 5.32. The van der Waals surface area contributed by atoms with Crippen LogP contribution < -0.4 is 5.32 Å². The second-order valence-electron chi connectivity index (χ2n) is 8.84. The van der Waals surface area contributed by atoms with E-state index in [9.17, 15) is 10.1 Å². The summed E-state index contributed by atoms with van der Waals surface area (Å²) in [7, 11) is 0. The summed E-state index contributed by atoms with van der Waals surface area (Å²) in [5.41, 5.74) is 5.17. The first-order valence-electron chi connectivity index (χ1n) is 11.9. The molecule has 2 aromatic heterocycles. The summed E-state index contributed by atoms with van der Waals surface area (Å²) in [4.78, 5) is 18.7. The normalized spacial score (nSPS) is 14.6. The molecule has 4 aromatic rings. The number of anilines is 1. The standard InChI is InChI=1S/C28H25N5OS2/c1-18-12-13-21-22(17-29)27(36-23(21)16-18)30-24(34)14-15-35-28-31-25(19-8-4-2-5-9-19)26(32-33-28)20-10-6-3-7-11-20/h2-11,18H,12-16H2,1H3,(H,30,34). The van der Waals surface area contributed by atoms with E-state index in [-0.39, 0.29) is 5.91 Å². The number of amides is 1. The highest BCUT2D eigenvalue weighted by Crippen LogP contribution is 2.39. The minimum Gasteiger partial charge on any atom is -0.317 e. The lowest BCUT2D eigenvalue weighted by Gasteiger charge is -2.17. The molecule has 36 heavy (non-hydrogen) atoms. The van der Waals surface area contributed by atoms with Crippen LogP contribution in [0.3, 0.4) is 0 Å². The Hall–Kier alpha value is -3.54. The molecule has 180 valence electrons. The van der Waals surface area contributed by atoms with Crippen LogP contribution in [0.4, 0.5) is 5.00 Å². The number of nitrogens with one attached hydrogen (secondary N) is 1. The van der Waals surface area contributed by atoms with Crippen molar-refractivity contribution in [1.82, 2.24) is 15.2 Å². The average Bonchev–Trinajstić information content (AvgIpc) is 3.25. The molecule has 2 aromatic carbocycles. The number of benzene rings is 2. The van der Waals surface area contributed by atoms with Crippen LogP contribution in [0.1, 0.15) is 35.8 Å². The number of carbonyl (C=O) groups is 1. The van der Waals surface area contributed by atoms with Crippen molar-refractivity contribution in [2.45, 2.75) is 37.8 Å². The first-order chi connectivity index (χ1) is 17.6. The van der Waals surface area contributed by atoms with Crippen molar-refractivity contribution in [1.29, 1.82) is 5.26 Å². The van der Waals surface area contributed by atoms with Crippen LogP contribution in [0.2, 0.25) is 0 Å². The zero-order chi connectivity index (χ0) is 24.9. The quantitative estimate of drug-likeness (QED) is 0.289. The number of hydrogen-bond acceptors (Lipinski definition) is 7. The van der Waals surface area contributed by atoms with Gasteiger partial charge >= 0.3 is 0 Å². The predicted molar refractivity (Wildman–Crippen MR) is 145 cm³/mol. The third-order valence-electron chi connectivity index (χ3n) is 6.20. The Morgan fingerprint density at radius 3 is 2.47 bits per heavy atom. The van der Waals surface area contributed by atoms with E-state index in [0.717, 1.165) is 47.3 Å². The van der Waals surface area contributed by atoms with Crippen molar-refractivity contribution in [3.8, 4) is 28.6 Å². The minimum absolute atomic E-state index is 0.109. The highest BCUT2D eigenvalue weighted by molar-refractivity contribution is 7.99. The summed E-state index contributed by atoms with van der Waals surface area (Å²) in [6, 6.07) is 22.1. The molecule has 0 fully saturated rings. The largest absolute Gasteiger partial charge is 0.317 e. The number of thioether (sulfide) groups is 1. The second kappa shape index (κ2) is 11.0. The smallest absolute Gasteiger partial charge is 0.225 e. The minimum atomic E-state index is -0.109. The van der Waals surface area contributed by atoms with E-state index in [4.69, 9.17) is 4.98 Å². The fraction of sp³-hybridized carbons (Fsp3) is 0.250. The highest BCUT2D eigenvalue weighted by Gasteiger charge is 2.24. The number of nitrogens with zero attached hydrogens (tertiary/aromatic N) is 4. The third-order valence-corrected chi connectivity index (χ3v) is 8.21. The lowest BCUT2D eigenvalue weighted by molar-refractivity contribution is -0.115. The molecule has 0 saturated carbocycles. The summed E-state index contributed by atoms with van der Waals surface area (Å²) in [6.45, 7) is 2.23. The Labute approximate surface area is 218 Å². The van der Waals surface area contributed by atoms with Gasteiger partial charge in [0.1, 0.15) is 22.5 Å². The van der Waals surface area contributed by atoms with Crippen molar-refractivity contribution in [3.05, 3.63) is 76.7 Å².